The number of carbonyl (C=O) groups is 2. The predicted molar refractivity (Wildman–Crippen MR) is 198 cm³/mol. The first kappa shape index (κ1) is 35.4. The van der Waals surface area contributed by atoms with E-state index in [-0.39, 0.29) is 52.5 Å². The molecule has 0 bridgehead atoms. The summed E-state index contributed by atoms with van der Waals surface area (Å²) in [6, 6.07) is 9.03. The number of fused-ring (bicyclic) bond motifs is 2. The van der Waals surface area contributed by atoms with E-state index in [9.17, 15) is 19.5 Å². The van der Waals surface area contributed by atoms with Gasteiger partial charge in [-0.05, 0) is 63.3 Å². The average Bonchev–Trinajstić information content (AvgIpc) is 3.53. The third-order valence-corrected chi connectivity index (χ3v) is 10.4. The summed E-state index contributed by atoms with van der Waals surface area (Å²) in [7, 11) is 3.44. The van der Waals surface area contributed by atoms with E-state index in [1.54, 1.807) is 31.6 Å². The monoisotopic (exact) mass is 732 g/mol. The first-order valence-electron chi connectivity index (χ1n) is 17.4. The molecule has 0 radical (unpaired) electrons. The minimum atomic E-state index is -0.977. The zero-order chi connectivity index (χ0) is 37.1. The number of carbonyl (C=O) groups excluding carboxylic acids is 2. The third-order valence-electron chi connectivity index (χ3n) is 10.2. The van der Waals surface area contributed by atoms with Crippen molar-refractivity contribution in [1.82, 2.24) is 34.2 Å². The van der Waals surface area contributed by atoms with E-state index in [1.165, 1.54) is 21.4 Å². The number of halogens is 2. The van der Waals surface area contributed by atoms with Crippen LogP contribution in [0.25, 0.3) is 21.9 Å². The number of imide groups is 1. The van der Waals surface area contributed by atoms with Crippen LogP contribution < -0.4 is 26.5 Å². The second-order valence-electron chi connectivity index (χ2n) is 14.6. The van der Waals surface area contributed by atoms with Gasteiger partial charge < -0.3 is 20.6 Å². The van der Waals surface area contributed by atoms with Crippen molar-refractivity contribution in [3.05, 3.63) is 63.5 Å². The summed E-state index contributed by atoms with van der Waals surface area (Å²) in [5.41, 5.74) is 2.28. The number of aryl methyl sites for hydroxylation is 3. The normalized spacial score (nSPS) is 19.8. The van der Waals surface area contributed by atoms with Crippen molar-refractivity contribution in [3.8, 4) is 0 Å². The van der Waals surface area contributed by atoms with Crippen molar-refractivity contribution in [1.29, 1.82) is 0 Å². The van der Waals surface area contributed by atoms with Crippen LogP contribution in [0.15, 0.2) is 41.3 Å². The van der Waals surface area contributed by atoms with Gasteiger partial charge in [-0.25, -0.2) is 14.2 Å². The van der Waals surface area contributed by atoms with Gasteiger partial charge >= 0.3 is 5.69 Å². The van der Waals surface area contributed by atoms with Crippen LogP contribution in [0.3, 0.4) is 0 Å². The number of anilines is 4. The maximum absolute atomic E-state index is 15.4. The van der Waals surface area contributed by atoms with Crippen molar-refractivity contribution >= 4 is 68.5 Å². The van der Waals surface area contributed by atoms with Crippen molar-refractivity contribution in [2.45, 2.75) is 70.6 Å². The van der Waals surface area contributed by atoms with Crippen LogP contribution in [0, 0.1) is 11.7 Å². The van der Waals surface area contributed by atoms with E-state index in [4.69, 9.17) is 11.6 Å². The smallest absolute Gasteiger partial charge is 0.328 e. The van der Waals surface area contributed by atoms with E-state index in [1.807, 2.05) is 25.2 Å². The van der Waals surface area contributed by atoms with E-state index in [2.05, 4.69) is 42.8 Å². The highest BCUT2D eigenvalue weighted by molar-refractivity contribution is 6.33. The molecule has 4 N–H and O–H groups in total. The molecule has 1 unspecified atom stereocenters. The minimum Gasteiger partial charge on any atom is -0.390 e. The van der Waals surface area contributed by atoms with Crippen LogP contribution >= 0.6 is 11.6 Å². The maximum Gasteiger partial charge on any atom is 0.328 e. The fraction of sp³-hybridized carbons (Fsp3) is 0.444. The van der Waals surface area contributed by atoms with E-state index < -0.39 is 17.3 Å². The quantitative estimate of drug-likeness (QED) is 0.158. The number of rotatable bonds is 9. The number of aromatic nitrogens is 6. The fourth-order valence-electron chi connectivity index (χ4n) is 7.19. The summed E-state index contributed by atoms with van der Waals surface area (Å²) in [4.78, 5) is 48.4. The van der Waals surface area contributed by atoms with Crippen molar-refractivity contribution in [2.24, 2.45) is 20.0 Å². The highest BCUT2D eigenvalue weighted by atomic mass is 35.5. The first-order chi connectivity index (χ1) is 24.7. The molecule has 274 valence electrons. The van der Waals surface area contributed by atoms with Gasteiger partial charge in [-0.1, -0.05) is 18.5 Å². The van der Waals surface area contributed by atoms with Gasteiger partial charge in [-0.15, -0.1) is 0 Å². The Morgan fingerprint density at radius 3 is 2.62 bits per heavy atom. The number of amides is 2. The Morgan fingerprint density at radius 2 is 1.88 bits per heavy atom. The highest BCUT2D eigenvalue weighted by Gasteiger charge is 2.32. The lowest BCUT2D eigenvalue weighted by Crippen LogP contribution is -2.46. The largest absolute Gasteiger partial charge is 0.390 e. The first-order valence-corrected chi connectivity index (χ1v) is 17.8. The Balaban J connectivity index is 1.05. The number of benzene rings is 2. The fourth-order valence-corrected chi connectivity index (χ4v) is 7.33. The molecule has 2 aromatic carbocycles. The summed E-state index contributed by atoms with van der Waals surface area (Å²) < 4.78 is 20.1. The highest BCUT2D eigenvalue weighted by Crippen LogP contribution is 2.34. The second-order valence-corrected chi connectivity index (χ2v) is 15.0. The average molecular weight is 733 g/mol. The molecule has 0 spiro atoms. The van der Waals surface area contributed by atoms with E-state index in [0.29, 0.717) is 55.0 Å². The lowest BCUT2D eigenvalue weighted by Gasteiger charge is -2.37. The SMILES string of the molecule is C[C@@H]1CN(c2ncc(Cl)c(Nc3cc4c(cc3F)n(C)c(=O)n4CCC(C)(C)O)n2)CC[C@H]1Nc1ccc2c(C3CCC(=O)NC3=O)nn(C)c2c1. The molecule has 2 aliphatic rings. The van der Waals surface area contributed by atoms with Gasteiger partial charge in [-0.2, -0.15) is 10.1 Å². The zero-order valence-electron chi connectivity index (χ0n) is 29.7. The standard InChI is InChI=1S/C36H42ClFN10O4/c1-19-18-47(12-10-25(19)40-20-6-7-21-27(14-20)46(5)44-31(21)22-8-9-30(49)42-33(22)50)34-39-17-23(37)32(43-34)41-26-16-29-28(15-24(26)38)45(4)35(51)48(29)13-11-36(2,3)52/h6-7,14-17,19,22,25,40,52H,8-13,18H2,1-5H3,(H,39,41,43)(H,42,49,50)/t19-,22?,25-/m1/s1. The van der Waals surface area contributed by atoms with Gasteiger partial charge in [0.1, 0.15) is 10.8 Å². The van der Waals surface area contributed by atoms with Crippen molar-refractivity contribution in [2.75, 3.05) is 28.6 Å². The van der Waals surface area contributed by atoms with Gasteiger partial charge in [0.15, 0.2) is 5.82 Å². The van der Waals surface area contributed by atoms with Crippen LogP contribution in [0.2, 0.25) is 5.02 Å². The number of imidazole rings is 1. The molecule has 52 heavy (non-hydrogen) atoms. The lowest BCUT2D eigenvalue weighted by atomic mass is 9.92. The van der Waals surface area contributed by atoms with Crippen molar-refractivity contribution in [3.63, 3.8) is 0 Å². The van der Waals surface area contributed by atoms with Gasteiger partial charge in [0.05, 0.1) is 45.6 Å². The predicted octanol–water partition coefficient (Wildman–Crippen LogP) is 4.56. The molecule has 2 saturated heterocycles. The van der Waals surface area contributed by atoms with Crippen LogP contribution in [0.1, 0.15) is 58.1 Å². The third kappa shape index (κ3) is 6.82. The van der Waals surface area contributed by atoms with E-state index >= 15 is 4.39 Å². The number of nitrogens with zero attached hydrogens (tertiary/aromatic N) is 7. The summed E-state index contributed by atoms with van der Waals surface area (Å²) in [5, 5.41) is 25.1. The summed E-state index contributed by atoms with van der Waals surface area (Å²) >= 11 is 6.50. The Kier molecular flexibility index (Phi) is 9.19. The van der Waals surface area contributed by atoms with Gasteiger partial charge in [-0.3, -0.25) is 28.7 Å². The Morgan fingerprint density at radius 1 is 1.10 bits per heavy atom. The topological polar surface area (TPSA) is 164 Å². The molecule has 3 aromatic heterocycles. The summed E-state index contributed by atoms with van der Waals surface area (Å²) in [6.45, 7) is 7.09. The number of aliphatic hydroxyl groups is 1. The van der Waals surface area contributed by atoms with Gasteiger partial charge in [0.2, 0.25) is 17.8 Å². The molecule has 0 saturated carbocycles. The van der Waals surface area contributed by atoms with Crippen LogP contribution in [0.4, 0.5) is 27.5 Å². The molecule has 2 amide bonds. The summed E-state index contributed by atoms with van der Waals surface area (Å²) in [6.07, 6.45) is 3.36. The van der Waals surface area contributed by atoms with Gasteiger partial charge in [0.25, 0.3) is 0 Å². The zero-order valence-corrected chi connectivity index (χ0v) is 30.5. The molecule has 3 atom stereocenters. The van der Waals surface area contributed by atoms with Crippen molar-refractivity contribution < 1.29 is 19.1 Å². The molecule has 5 aromatic rings. The minimum absolute atomic E-state index is 0.104. The molecule has 5 heterocycles. The molecule has 2 fully saturated rings. The molecule has 14 nitrogen and oxygen atoms in total. The number of hydrogen-bond acceptors (Lipinski definition) is 10. The Bertz CT molecular complexity index is 2280. The molecular formula is C36H42ClFN10O4. The molecule has 7 rings (SSSR count). The molecule has 2 aliphatic heterocycles. The lowest BCUT2D eigenvalue weighted by molar-refractivity contribution is -0.134. The molecular weight excluding hydrogens is 691 g/mol. The van der Waals surface area contributed by atoms with Gasteiger partial charge in [0, 0.05) is 63.3 Å². The van der Waals surface area contributed by atoms with Crippen LogP contribution in [0.5, 0.6) is 0 Å². The number of hydrogen-bond donors (Lipinski definition) is 4. The summed E-state index contributed by atoms with van der Waals surface area (Å²) in [5.74, 6) is -0.702. The Labute approximate surface area is 304 Å². The maximum atomic E-state index is 15.4. The van der Waals surface area contributed by atoms with Crippen LogP contribution in [-0.2, 0) is 30.2 Å². The molecule has 0 aliphatic carbocycles. The molecule has 16 heteroatoms. The van der Waals surface area contributed by atoms with E-state index in [0.717, 1.165) is 23.0 Å². The second kappa shape index (κ2) is 13.5. The Hall–Kier alpha value is -5.02. The number of nitrogens with one attached hydrogen (secondary N) is 3. The van der Waals surface area contributed by atoms with Crippen LogP contribution in [-0.4, -0.2) is 70.5 Å². The number of piperidine rings is 2.